The number of benzene rings is 2. The first-order chi connectivity index (χ1) is 17.0. The fourth-order valence-corrected chi connectivity index (χ4v) is 3.71. The molecule has 1 unspecified atom stereocenters. The second kappa shape index (κ2) is 9.03. The fraction of sp³-hybridized carbons (Fsp3) is 0.125. The molecule has 5 rings (SSSR count). The smallest absolute Gasteiger partial charge is 0.335 e. The topological polar surface area (TPSA) is 144 Å². The summed E-state index contributed by atoms with van der Waals surface area (Å²) in [5, 5.41) is 34.3. The van der Waals surface area contributed by atoms with Crippen LogP contribution in [-0.2, 0) is 6.54 Å². The van der Waals surface area contributed by atoms with Crippen molar-refractivity contribution in [1.29, 1.82) is 5.26 Å². The number of nitrogens with zero attached hydrogens (tertiary/aromatic N) is 8. The van der Waals surface area contributed by atoms with Crippen LogP contribution < -0.4 is 4.74 Å². The molecule has 11 nitrogen and oxygen atoms in total. The number of hydrogen-bond donors (Lipinski definition) is 1. The van der Waals surface area contributed by atoms with E-state index in [0.717, 1.165) is 5.56 Å². The number of tetrazole rings is 1. The molecular weight excluding hydrogens is 448 g/mol. The molecule has 0 spiro atoms. The number of rotatable bonds is 7. The number of carboxylic acids is 1. The van der Waals surface area contributed by atoms with Crippen molar-refractivity contribution >= 4 is 11.6 Å². The van der Waals surface area contributed by atoms with Crippen molar-refractivity contribution < 1.29 is 14.6 Å². The second-order valence-electron chi connectivity index (χ2n) is 7.81. The van der Waals surface area contributed by atoms with Gasteiger partial charge < -0.3 is 9.84 Å². The maximum atomic E-state index is 11.4. The van der Waals surface area contributed by atoms with E-state index in [1.807, 2.05) is 19.1 Å². The van der Waals surface area contributed by atoms with Gasteiger partial charge in [-0.05, 0) is 53.2 Å². The molecule has 0 bridgehead atoms. The second-order valence-corrected chi connectivity index (χ2v) is 7.81. The van der Waals surface area contributed by atoms with Crippen LogP contribution in [0.15, 0.2) is 67.3 Å². The Morgan fingerprint density at radius 3 is 2.86 bits per heavy atom. The van der Waals surface area contributed by atoms with Gasteiger partial charge in [-0.15, -0.1) is 5.10 Å². The van der Waals surface area contributed by atoms with Crippen molar-refractivity contribution in [3.63, 3.8) is 0 Å². The number of nitriles is 1. The first kappa shape index (κ1) is 21.7. The van der Waals surface area contributed by atoms with E-state index in [4.69, 9.17) is 9.72 Å². The lowest BCUT2D eigenvalue weighted by atomic mass is 10.1. The van der Waals surface area contributed by atoms with Gasteiger partial charge in [-0.2, -0.15) is 10.4 Å². The van der Waals surface area contributed by atoms with Crippen molar-refractivity contribution in [2.24, 2.45) is 0 Å². The van der Waals surface area contributed by atoms with Crippen LogP contribution in [-0.4, -0.2) is 52.0 Å². The number of aromatic nitrogens is 7. The highest BCUT2D eigenvalue weighted by atomic mass is 16.5. The molecule has 2 aromatic carbocycles. The van der Waals surface area contributed by atoms with Gasteiger partial charge in [0.05, 0.1) is 29.6 Å². The Hall–Kier alpha value is -5.11. The molecule has 5 aromatic rings. The van der Waals surface area contributed by atoms with Gasteiger partial charge in [0.25, 0.3) is 0 Å². The highest BCUT2D eigenvalue weighted by Crippen LogP contribution is 2.30. The third-order valence-corrected chi connectivity index (χ3v) is 5.35. The average molecular weight is 466 g/mol. The summed E-state index contributed by atoms with van der Waals surface area (Å²) >= 11 is 0. The predicted molar refractivity (Wildman–Crippen MR) is 123 cm³/mol. The summed E-state index contributed by atoms with van der Waals surface area (Å²) in [6.45, 7) is 2.28. The maximum Gasteiger partial charge on any atom is 0.335 e. The third kappa shape index (κ3) is 4.40. The van der Waals surface area contributed by atoms with Crippen LogP contribution in [0, 0.1) is 11.3 Å². The zero-order valence-corrected chi connectivity index (χ0v) is 18.5. The van der Waals surface area contributed by atoms with Crippen LogP contribution in [0.2, 0.25) is 0 Å². The largest absolute Gasteiger partial charge is 0.487 e. The van der Waals surface area contributed by atoms with Crippen LogP contribution >= 0.6 is 0 Å². The zero-order chi connectivity index (χ0) is 24.4. The average Bonchev–Trinajstić information content (AvgIpc) is 3.53. The lowest BCUT2D eigenvalue weighted by Crippen LogP contribution is -2.20. The molecule has 1 atom stereocenters. The molecule has 0 saturated heterocycles. The van der Waals surface area contributed by atoms with E-state index in [1.54, 1.807) is 51.9 Å². The summed E-state index contributed by atoms with van der Waals surface area (Å²) in [6.07, 6.45) is 4.64. The molecule has 0 fully saturated rings. The third-order valence-electron chi connectivity index (χ3n) is 5.35. The van der Waals surface area contributed by atoms with E-state index >= 15 is 0 Å². The van der Waals surface area contributed by atoms with Crippen LogP contribution in [0.5, 0.6) is 5.75 Å². The summed E-state index contributed by atoms with van der Waals surface area (Å²) in [5.74, 6) is -0.577. The molecule has 3 heterocycles. The Labute approximate surface area is 198 Å². The molecule has 0 aliphatic carbocycles. The molecule has 172 valence electrons. The SMILES string of the molecule is CC(Cn1cnnn1)Oc1cc(-c2ccn3ncc(-c4cccc(C(=O)O)c4)c3n2)ccc1C#N. The van der Waals surface area contributed by atoms with Crippen molar-refractivity contribution in [2.75, 3.05) is 0 Å². The van der Waals surface area contributed by atoms with E-state index in [-0.39, 0.29) is 11.7 Å². The number of carbonyl (C=O) groups is 1. The lowest BCUT2D eigenvalue weighted by molar-refractivity contribution is 0.0697. The zero-order valence-electron chi connectivity index (χ0n) is 18.5. The molecule has 3 aromatic heterocycles. The Kier molecular flexibility index (Phi) is 5.60. The van der Waals surface area contributed by atoms with Gasteiger partial charge in [-0.25, -0.2) is 19.0 Å². The minimum Gasteiger partial charge on any atom is -0.487 e. The van der Waals surface area contributed by atoms with Crippen molar-refractivity contribution in [1.82, 2.24) is 34.8 Å². The summed E-state index contributed by atoms with van der Waals surface area (Å²) in [6, 6.07) is 15.9. The number of hydrogen-bond acceptors (Lipinski definition) is 8. The van der Waals surface area contributed by atoms with E-state index < -0.39 is 5.97 Å². The molecular formula is C24H18N8O3. The van der Waals surface area contributed by atoms with E-state index in [2.05, 4.69) is 26.7 Å². The molecule has 0 aliphatic heterocycles. The van der Waals surface area contributed by atoms with Gasteiger partial charge in [0.1, 0.15) is 24.3 Å². The van der Waals surface area contributed by atoms with E-state index in [1.165, 1.54) is 12.4 Å². The fourth-order valence-electron chi connectivity index (χ4n) is 3.71. The molecule has 0 radical (unpaired) electrons. The van der Waals surface area contributed by atoms with E-state index in [9.17, 15) is 15.2 Å². The van der Waals surface area contributed by atoms with E-state index in [0.29, 0.717) is 40.3 Å². The molecule has 1 N–H and O–H groups in total. The van der Waals surface area contributed by atoms with Crippen molar-refractivity contribution in [3.8, 4) is 34.2 Å². The van der Waals surface area contributed by atoms with Crippen LogP contribution in [0.4, 0.5) is 0 Å². The summed E-state index contributed by atoms with van der Waals surface area (Å²) in [4.78, 5) is 16.2. The lowest BCUT2D eigenvalue weighted by Gasteiger charge is -2.16. The quantitative estimate of drug-likeness (QED) is 0.382. The number of fused-ring (bicyclic) bond motifs is 1. The Morgan fingerprint density at radius 1 is 1.20 bits per heavy atom. The van der Waals surface area contributed by atoms with Gasteiger partial charge in [0.2, 0.25) is 0 Å². The summed E-state index contributed by atoms with van der Waals surface area (Å²) < 4.78 is 9.21. The van der Waals surface area contributed by atoms with Crippen LogP contribution in [0.25, 0.3) is 28.0 Å². The molecule has 0 amide bonds. The van der Waals surface area contributed by atoms with Crippen LogP contribution in [0.3, 0.4) is 0 Å². The molecule has 0 aliphatic rings. The Morgan fingerprint density at radius 2 is 2.09 bits per heavy atom. The van der Waals surface area contributed by atoms with Gasteiger partial charge in [-0.3, -0.25) is 0 Å². The Bertz CT molecular complexity index is 1570. The van der Waals surface area contributed by atoms with Crippen LogP contribution in [0.1, 0.15) is 22.8 Å². The first-order valence-electron chi connectivity index (χ1n) is 10.6. The first-order valence-corrected chi connectivity index (χ1v) is 10.6. The maximum absolute atomic E-state index is 11.4. The van der Waals surface area contributed by atoms with Gasteiger partial charge >= 0.3 is 5.97 Å². The predicted octanol–water partition coefficient (Wildman–Crippen LogP) is 3.09. The minimum atomic E-state index is -1.00. The highest BCUT2D eigenvalue weighted by Gasteiger charge is 2.15. The highest BCUT2D eigenvalue weighted by molar-refractivity contribution is 5.90. The normalized spacial score (nSPS) is 11.8. The minimum absolute atomic E-state index is 0.183. The van der Waals surface area contributed by atoms with Gasteiger partial charge in [0.15, 0.2) is 5.65 Å². The van der Waals surface area contributed by atoms with Gasteiger partial charge in [-0.1, -0.05) is 18.2 Å². The Balaban J connectivity index is 1.50. The number of ether oxygens (including phenoxy) is 1. The molecule has 0 saturated carbocycles. The summed E-state index contributed by atoms with van der Waals surface area (Å²) in [7, 11) is 0. The summed E-state index contributed by atoms with van der Waals surface area (Å²) in [5.41, 5.74) is 3.96. The van der Waals surface area contributed by atoms with Crippen molar-refractivity contribution in [3.05, 3.63) is 78.4 Å². The van der Waals surface area contributed by atoms with Gasteiger partial charge in [0, 0.05) is 17.3 Å². The molecule has 35 heavy (non-hydrogen) atoms. The molecule has 11 heteroatoms. The van der Waals surface area contributed by atoms with Crippen molar-refractivity contribution in [2.45, 2.75) is 19.6 Å². The standard InChI is InChI=1S/C24H18N8O3/c1-15(13-31-14-26-29-30-31)35-22-10-17(5-6-19(22)11-25)21-7-8-32-23(28-21)20(12-27-32)16-3-2-4-18(9-16)24(33)34/h2-10,12,14-15H,13H2,1H3,(H,33,34). The number of carboxylic acid groups (broad SMARTS) is 1. The number of aromatic carboxylic acids is 1. The monoisotopic (exact) mass is 466 g/mol.